The summed E-state index contributed by atoms with van der Waals surface area (Å²) < 4.78 is 5.49. The Morgan fingerprint density at radius 2 is 1.34 bits per heavy atom. The van der Waals surface area contributed by atoms with Crippen LogP contribution in [-0.2, 0) is 4.74 Å². The van der Waals surface area contributed by atoms with Crippen LogP contribution in [0.15, 0.2) is 24.3 Å². The van der Waals surface area contributed by atoms with Gasteiger partial charge in [0.25, 0.3) is 0 Å². The van der Waals surface area contributed by atoms with Crippen LogP contribution < -0.4 is 0 Å². The van der Waals surface area contributed by atoms with Crippen molar-refractivity contribution in [2.75, 3.05) is 6.61 Å². The zero-order chi connectivity index (χ0) is 22.6. The Balaban J connectivity index is 1.35. The fourth-order valence-electron chi connectivity index (χ4n) is 6.30. The van der Waals surface area contributed by atoms with Gasteiger partial charge < -0.3 is 4.74 Å². The van der Waals surface area contributed by atoms with E-state index in [-0.39, 0.29) is 5.97 Å². The Morgan fingerprint density at radius 3 is 1.97 bits per heavy atom. The standard InChI is InChI=1S/C30H48O2/c1-3-5-6-7-8-9-23-32-30(31)29-21-19-28(20-22-29)27-17-15-26(16-18-27)25-13-11-24(10-4-2)12-14-25/h19-22,24-27H,3-18,23H2,1-2H3. The van der Waals surface area contributed by atoms with Crippen LogP contribution in [0.4, 0.5) is 0 Å². The number of ether oxygens (including phenoxy) is 1. The second-order valence-electron chi connectivity index (χ2n) is 10.7. The van der Waals surface area contributed by atoms with Crippen LogP contribution in [0.5, 0.6) is 0 Å². The Bertz CT molecular complexity index is 633. The maximum absolute atomic E-state index is 12.3. The molecular formula is C30H48O2. The van der Waals surface area contributed by atoms with E-state index in [1.807, 2.05) is 12.1 Å². The van der Waals surface area contributed by atoms with Gasteiger partial charge in [0.05, 0.1) is 12.2 Å². The first kappa shape index (κ1) is 25.3. The van der Waals surface area contributed by atoms with E-state index in [0.717, 1.165) is 30.6 Å². The Morgan fingerprint density at radius 1 is 0.750 bits per heavy atom. The Kier molecular flexibility index (Phi) is 11.1. The van der Waals surface area contributed by atoms with Crippen LogP contribution in [0.3, 0.4) is 0 Å². The average Bonchev–Trinajstić information content (AvgIpc) is 2.84. The molecule has 0 amide bonds. The highest BCUT2D eigenvalue weighted by atomic mass is 16.5. The highest BCUT2D eigenvalue weighted by molar-refractivity contribution is 5.89. The summed E-state index contributed by atoms with van der Waals surface area (Å²) in [5.74, 6) is 3.49. The molecule has 0 radical (unpaired) electrons. The van der Waals surface area contributed by atoms with Crippen LogP contribution in [0, 0.1) is 17.8 Å². The van der Waals surface area contributed by atoms with Gasteiger partial charge in [0.2, 0.25) is 0 Å². The van der Waals surface area contributed by atoms with Gasteiger partial charge in [-0.15, -0.1) is 0 Å². The summed E-state index contributed by atoms with van der Waals surface area (Å²) in [6.45, 7) is 5.12. The summed E-state index contributed by atoms with van der Waals surface area (Å²) in [5.41, 5.74) is 2.12. The van der Waals surface area contributed by atoms with Gasteiger partial charge in [-0.3, -0.25) is 0 Å². The zero-order valence-electron chi connectivity index (χ0n) is 21.0. The molecule has 1 aromatic carbocycles. The molecule has 0 N–H and O–H groups in total. The lowest BCUT2D eigenvalue weighted by Gasteiger charge is -2.38. The summed E-state index contributed by atoms with van der Waals surface area (Å²) in [7, 11) is 0. The maximum Gasteiger partial charge on any atom is 0.338 e. The van der Waals surface area contributed by atoms with E-state index >= 15 is 0 Å². The molecule has 0 spiro atoms. The second kappa shape index (κ2) is 14.1. The lowest BCUT2D eigenvalue weighted by Crippen LogP contribution is -2.25. The van der Waals surface area contributed by atoms with Crippen molar-refractivity contribution >= 4 is 5.97 Å². The molecule has 1 aromatic rings. The predicted molar refractivity (Wildman–Crippen MR) is 135 cm³/mol. The van der Waals surface area contributed by atoms with Crippen molar-refractivity contribution in [3.8, 4) is 0 Å². The number of rotatable bonds is 12. The smallest absolute Gasteiger partial charge is 0.338 e. The third-order valence-corrected chi connectivity index (χ3v) is 8.38. The Labute approximate surface area is 197 Å². The average molecular weight is 441 g/mol. The second-order valence-corrected chi connectivity index (χ2v) is 10.7. The van der Waals surface area contributed by atoms with E-state index in [2.05, 4.69) is 26.0 Å². The van der Waals surface area contributed by atoms with Crippen molar-refractivity contribution in [1.82, 2.24) is 0 Å². The van der Waals surface area contributed by atoms with Gasteiger partial charge >= 0.3 is 5.97 Å². The SMILES string of the molecule is CCCCCCCCOC(=O)c1ccc(C2CCC(C3CCC(CCC)CC3)CC2)cc1. The minimum Gasteiger partial charge on any atom is -0.462 e. The molecule has 32 heavy (non-hydrogen) atoms. The summed E-state index contributed by atoms with van der Waals surface area (Å²) in [5, 5.41) is 0. The van der Waals surface area contributed by atoms with Crippen molar-refractivity contribution in [3.63, 3.8) is 0 Å². The summed E-state index contributed by atoms with van der Waals surface area (Å²) in [6, 6.07) is 8.34. The van der Waals surface area contributed by atoms with Gasteiger partial charge in [-0.2, -0.15) is 0 Å². The van der Waals surface area contributed by atoms with E-state index in [0.29, 0.717) is 18.1 Å². The minimum atomic E-state index is -0.160. The highest BCUT2D eigenvalue weighted by Gasteiger charge is 2.31. The molecule has 0 aliphatic heterocycles. The first-order chi connectivity index (χ1) is 15.7. The summed E-state index contributed by atoms with van der Waals surface area (Å²) >= 11 is 0. The van der Waals surface area contributed by atoms with Crippen LogP contribution in [0.1, 0.15) is 138 Å². The van der Waals surface area contributed by atoms with E-state index < -0.39 is 0 Å². The topological polar surface area (TPSA) is 26.3 Å². The lowest BCUT2D eigenvalue weighted by atomic mass is 9.68. The molecule has 2 heteroatoms. The van der Waals surface area contributed by atoms with Crippen LogP contribution in [0.25, 0.3) is 0 Å². The predicted octanol–water partition coefficient (Wildman–Crippen LogP) is 9.08. The number of carbonyl (C=O) groups excluding carboxylic acids is 1. The lowest BCUT2D eigenvalue weighted by molar-refractivity contribution is 0.0497. The molecule has 0 aromatic heterocycles. The molecule has 3 rings (SSSR count). The van der Waals surface area contributed by atoms with Crippen molar-refractivity contribution in [3.05, 3.63) is 35.4 Å². The van der Waals surface area contributed by atoms with Crippen molar-refractivity contribution in [2.45, 2.75) is 122 Å². The van der Waals surface area contributed by atoms with E-state index in [1.165, 1.54) is 95.5 Å². The fraction of sp³-hybridized carbons (Fsp3) is 0.767. The molecule has 0 unspecified atom stereocenters. The first-order valence-electron chi connectivity index (χ1n) is 14.0. The van der Waals surface area contributed by atoms with Gasteiger partial charge in [-0.25, -0.2) is 4.79 Å². The van der Waals surface area contributed by atoms with Crippen LogP contribution >= 0.6 is 0 Å². The molecule has 2 saturated carbocycles. The molecule has 0 atom stereocenters. The molecule has 180 valence electrons. The zero-order valence-corrected chi connectivity index (χ0v) is 21.0. The normalized spacial score (nSPS) is 26.1. The number of hydrogen-bond acceptors (Lipinski definition) is 2. The van der Waals surface area contributed by atoms with Crippen molar-refractivity contribution < 1.29 is 9.53 Å². The Hall–Kier alpha value is -1.31. The third-order valence-electron chi connectivity index (χ3n) is 8.38. The van der Waals surface area contributed by atoms with Gasteiger partial charge in [-0.05, 0) is 86.3 Å². The van der Waals surface area contributed by atoms with E-state index in [1.54, 1.807) is 0 Å². The number of benzene rings is 1. The van der Waals surface area contributed by atoms with Gasteiger partial charge in [0.1, 0.15) is 0 Å². The molecular weight excluding hydrogens is 392 g/mol. The van der Waals surface area contributed by atoms with Crippen molar-refractivity contribution in [2.24, 2.45) is 17.8 Å². The summed E-state index contributed by atoms with van der Waals surface area (Å²) in [6.07, 6.45) is 21.4. The molecule has 2 nitrogen and oxygen atoms in total. The molecule has 2 aliphatic rings. The number of hydrogen-bond donors (Lipinski definition) is 0. The third kappa shape index (κ3) is 7.92. The highest BCUT2D eigenvalue weighted by Crippen LogP contribution is 2.44. The molecule has 0 heterocycles. The van der Waals surface area contributed by atoms with Crippen LogP contribution in [0.2, 0.25) is 0 Å². The minimum absolute atomic E-state index is 0.160. The molecule has 0 saturated heterocycles. The van der Waals surface area contributed by atoms with Gasteiger partial charge in [0.15, 0.2) is 0 Å². The number of carbonyl (C=O) groups is 1. The molecule has 2 aliphatic carbocycles. The number of unbranched alkanes of at least 4 members (excludes halogenated alkanes) is 5. The summed E-state index contributed by atoms with van der Waals surface area (Å²) in [4.78, 5) is 12.3. The molecule has 2 fully saturated rings. The van der Waals surface area contributed by atoms with Crippen molar-refractivity contribution in [1.29, 1.82) is 0 Å². The van der Waals surface area contributed by atoms with E-state index in [9.17, 15) is 4.79 Å². The van der Waals surface area contributed by atoms with Gasteiger partial charge in [0, 0.05) is 0 Å². The largest absolute Gasteiger partial charge is 0.462 e. The molecule has 0 bridgehead atoms. The van der Waals surface area contributed by atoms with Crippen LogP contribution in [-0.4, -0.2) is 12.6 Å². The van der Waals surface area contributed by atoms with Gasteiger partial charge in [-0.1, -0.05) is 83.8 Å². The monoisotopic (exact) mass is 440 g/mol. The number of esters is 1. The van der Waals surface area contributed by atoms with E-state index in [4.69, 9.17) is 4.74 Å². The maximum atomic E-state index is 12.3. The quantitative estimate of drug-likeness (QED) is 0.239. The fourth-order valence-corrected chi connectivity index (χ4v) is 6.30. The first-order valence-corrected chi connectivity index (χ1v) is 14.0.